The first kappa shape index (κ1) is 14.3. The van der Waals surface area contributed by atoms with Crippen LogP contribution >= 0.6 is 11.6 Å². The van der Waals surface area contributed by atoms with Gasteiger partial charge in [-0.1, -0.05) is 23.7 Å². The van der Waals surface area contributed by atoms with E-state index >= 15 is 0 Å². The summed E-state index contributed by atoms with van der Waals surface area (Å²) in [5.74, 6) is 0.191. The molecule has 1 N–H and O–H groups in total. The Hall–Kier alpha value is -2.07. The fraction of sp³-hybridized carbons (Fsp3) is 0.200. The van der Waals surface area contributed by atoms with Crippen LogP contribution in [0.15, 0.2) is 42.6 Å². The molecule has 5 heteroatoms. The maximum Gasteiger partial charge on any atom is 0.312 e. The highest BCUT2D eigenvalue weighted by atomic mass is 35.5. The molecule has 1 heterocycles. The van der Waals surface area contributed by atoms with Gasteiger partial charge in [0.15, 0.2) is 0 Å². The van der Waals surface area contributed by atoms with E-state index in [1.54, 1.807) is 18.3 Å². The zero-order chi connectivity index (χ0) is 14.5. The normalized spacial score (nSPS) is 11.8. The Bertz CT molecular complexity index is 582. The van der Waals surface area contributed by atoms with Gasteiger partial charge in [0.05, 0.1) is 18.1 Å². The van der Waals surface area contributed by atoms with Gasteiger partial charge in [0.1, 0.15) is 5.82 Å². The lowest BCUT2D eigenvalue weighted by Gasteiger charge is -2.11. The second kappa shape index (κ2) is 6.39. The van der Waals surface area contributed by atoms with E-state index in [0.717, 1.165) is 11.3 Å². The maximum absolute atomic E-state index is 11.5. The van der Waals surface area contributed by atoms with Crippen molar-refractivity contribution in [2.75, 3.05) is 12.4 Å². The van der Waals surface area contributed by atoms with E-state index in [4.69, 9.17) is 16.3 Å². The summed E-state index contributed by atoms with van der Waals surface area (Å²) in [5, 5.41) is 3.75. The molecule has 0 bridgehead atoms. The summed E-state index contributed by atoms with van der Waals surface area (Å²) in [6.45, 7) is 1.81. The smallest absolute Gasteiger partial charge is 0.312 e. The van der Waals surface area contributed by atoms with Crippen LogP contribution in [-0.4, -0.2) is 18.1 Å². The van der Waals surface area contributed by atoms with Crippen LogP contribution in [0.3, 0.4) is 0 Å². The van der Waals surface area contributed by atoms with Crippen LogP contribution in [0.1, 0.15) is 18.4 Å². The molecule has 0 saturated heterocycles. The lowest BCUT2D eigenvalue weighted by molar-refractivity contribution is -0.141. The average molecular weight is 291 g/mol. The monoisotopic (exact) mass is 290 g/mol. The minimum absolute atomic E-state index is 0.245. The number of carbonyl (C=O) groups is 1. The average Bonchev–Trinajstić information content (AvgIpc) is 2.49. The number of ether oxygens (including phenoxy) is 1. The van der Waals surface area contributed by atoms with Crippen molar-refractivity contribution in [3.05, 3.63) is 53.2 Å². The van der Waals surface area contributed by atoms with Crippen LogP contribution in [0, 0.1) is 0 Å². The Labute approximate surface area is 122 Å². The third-order valence-corrected chi connectivity index (χ3v) is 3.19. The molecule has 0 aliphatic carbocycles. The van der Waals surface area contributed by atoms with E-state index in [1.165, 1.54) is 7.11 Å². The molecule has 20 heavy (non-hydrogen) atoms. The highest BCUT2D eigenvalue weighted by Gasteiger charge is 2.15. The van der Waals surface area contributed by atoms with Crippen molar-refractivity contribution in [3.8, 4) is 0 Å². The molecule has 2 aromatic rings. The number of nitrogens with one attached hydrogen (secondary N) is 1. The lowest BCUT2D eigenvalue weighted by atomic mass is 10.0. The SMILES string of the molecule is COC(=O)[C@H](C)c1ccc(Nc2ccc(Cl)cn2)cc1. The number of hydrogen-bond acceptors (Lipinski definition) is 4. The number of anilines is 2. The molecule has 0 spiro atoms. The number of hydrogen-bond donors (Lipinski definition) is 1. The molecule has 0 radical (unpaired) electrons. The van der Waals surface area contributed by atoms with Crippen LogP contribution in [0.25, 0.3) is 0 Å². The summed E-state index contributed by atoms with van der Waals surface area (Å²) in [6.07, 6.45) is 1.58. The van der Waals surface area contributed by atoms with E-state index < -0.39 is 0 Å². The Morgan fingerprint density at radius 2 is 1.95 bits per heavy atom. The largest absolute Gasteiger partial charge is 0.469 e. The van der Waals surface area contributed by atoms with Crippen LogP contribution in [0.5, 0.6) is 0 Å². The second-order valence-corrected chi connectivity index (χ2v) is 4.79. The molecule has 0 unspecified atom stereocenters. The van der Waals surface area contributed by atoms with Crippen molar-refractivity contribution in [3.63, 3.8) is 0 Å². The molecule has 1 aromatic heterocycles. The van der Waals surface area contributed by atoms with E-state index in [1.807, 2.05) is 31.2 Å². The molecular formula is C15H15ClN2O2. The molecule has 0 aliphatic heterocycles. The van der Waals surface area contributed by atoms with Gasteiger partial charge < -0.3 is 10.1 Å². The summed E-state index contributed by atoms with van der Waals surface area (Å²) in [6, 6.07) is 11.1. The summed E-state index contributed by atoms with van der Waals surface area (Å²) >= 11 is 5.78. The van der Waals surface area contributed by atoms with Gasteiger partial charge >= 0.3 is 5.97 Å². The molecule has 0 aliphatic rings. The molecule has 0 amide bonds. The van der Waals surface area contributed by atoms with E-state index in [0.29, 0.717) is 10.8 Å². The topological polar surface area (TPSA) is 51.2 Å². The predicted molar refractivity (Wildman–Crippen MR) is 79.4 cm³/mol. The van der Waals surface area contributed by atoms with Gasteiger partial charge in [-0.2, -0.15) is 0 Å². The zero-order valence-electron chi connectivity index (χ0n) is 11.3. The van der Waals surface area contributed by atoms with Crippen molar-refractivity contribution in [2.45, 2.75) is 12.8 Å². The lowest BCUT2D eigenvalue weighted by Crippen LogP contribution is -2.10. The second-order valence-electron chi connectivity index (χ2n) is 4.35. The summed E-state index contributed by atoms with van der Waals surface area (Å²) in [4.78, 5) is 15.6. The number of benzene rings is 1. The Kier molecular flexibility index (Phi) is 4.58. The summed E-state index contributed by atoms with van der Waals surface area (Å²) in [5.41, 5.74) is 1.80. The molecule has 1 aromatic carbocycles. The highest BCUT2D eigenvalue weighted by Crippen LogP contribution is 2.21. The van der Waals surface area contributed by atoms with Crippen LogP contribution in [0.2, 0.25) is 5.02 Å². The van der Waals surface area contributed by atoms with Crippen molar-refractivity contribution < 1.29 is 9.53 Å². The number of methoxy groups -OCH3 is 1. The number of rotatable bonds is 4. The number of esters is 1. The minimum Gasteiger partial charge on any atom is -0.469 e. The van der Waals surface area contributed by atoms with Crippen molar-refractivity contribution in [1.82, 2.24) is 4.98 Å². The number of carbonyl (C=O) groups excluding carboxylic acids is 1. The van der Waals surface area contributed by atoms with Gasteiger partial charge in [0.25, 0.3) is 0 Å². The van der Waals surface area contributed by atoms with Crippen LogP contribution < -0.4 is 5.32 Å². The molecular weight excluding hydrogens is 276 g/mol. The summed E-state index contributed by atoms with van der Waals surface area (Å²) in [7, 11) is 1.39. The number of aromatic nitrogens is 1. The summed E-state index contributed by atoms with van der Waals surface area (Å²) < 4.78 is 4.73. The predicted octanol–water partition coefficient (Wildman–Crippen LogP) is 3.76. The molecule has 0 fully saturated rings. The molecule has 0 saturated carbocycles. The van der Waals surface area contributed by atoms with Crippen LogP contribution in [-0.2, 0) is 9.53 Å². The number of halogens is 1. The van der Waals surface area contributed by atoms with Crippen molar-refractivity contribution in [1.29, 1.82) is 0 Å². The van der Waals surface area contributed by atoms with Crippen molar-refractivity contribution in [2.24, 2.45) is 0 Å². The molecule has 104 valence electrons. The Balaban J connectivity index is 2.08. The van der Waals surface area contributed by atoms with E-state index in [9.17, 15) is 4.79 Å². The van der Waals surface area contributed by atoms with E-state index in [2.05, 4.69) is 10.3 Å². The van der Waals surface area contributed by atoms with E-state index in [-0.39, 0.29) is 11.9 Å². The zero-order valence-corrected chi connectivity index (χ0v) is 12.0. The highest BCUT2D eigenvalue weighted by molar-refractivity contribution is 6.30. The van der Waals surface area contributed by atoms with Crippen LogP contribution in [0.4, 0.5) is 11.5 Å². The number of nitrogens with zero attached hydrogens (tertiary/aromatic N) is 1. The van der Waals surface area contributed by atoms with Gasteiger partial charge in [-0.05, 0) is 36.8 Å². The van der Waals surface area contributed by atoms with Gasteiger partial charge in [0.2, 0.25) is 0 Å². The van der Waals surface area contributed by atoms with Gasteiger partial charge in [-0.15, -0.1) is 0 Å². The fourth-order valence-electron chi connectivity index (χ4n) is 1.77. The van der Waals surface area contributed by atoms with Gasteiger partial charge in [-0.25, -0.2) is 4.98 Å². The number of pyridine rings is 1. The maximum atomic E-state index is 11.5. The molecule has 2 rings (SSSR count). The van der Waals surface area contributed by atoms with Gasteiger partial charge in [-0.3, -0.25) is 4.79 Å². The fourth-order valence-corrected chi connectivity index (χ4v) is 1.88. The third kappa shape index (κ3) is 3.48. The Morgan fingerprint density at radius 3 is 2.50 bits per heavy atom. The first-order valence-corrected chi connectivity index (χ1v) is 6.54. The Morgan fingerprint density at radius 1 is 1.25 bits per heavy atom. The molecule has 1 atom stereocenters. The first-order valence-electron chi connectivity index (χ1n) is 6.16. The molecule has 4 nitrogen and oxygen atoms in total. The minimum atomic E-state index is -0.275. The first-order chi connectivity index (χ1) is 9.60. The standard InChI is InChI=1S/C15H15ClN2O2/c1-10(15(19)20-2)11-3-6-13(7-4-11)18-14-8-5-12(16)9-17-14/h3-10H,1-2H3,(H,17,18)/t10-/m1/s1. The van der Waals surface area contributed by atoms with Crippen molar-refractivity contribution >= 4 is 29.1 Å². The quantitative estimate of drug-likeness (QED) is 0.871. The van der Waals surface area contributed by atoms with Gasteiger partial charge in [0, 0.05) is 11.9 Å². The third-order valence-electron chi connectivity index (χ3n) is 2.97.